The highest BCUT2D eigenvalue weighted by molar-refractivity contribution is 7.98. The van der Waals surface area contributed by atoms with Gasteiger partial charge in [-0.3, -0.25) is 0 Å². The van der Waals surface area contributed by atoms with Crippen LogP contribution >= 0.6 is 11.8 Å². The van der Waals surface area contributed by atoms with Crippen LogP contribution in [0.5, 0.6) is 0 Å². The van der Waals surface area contributed by atoms with Crippen molar-refractivity contribution in [3.8, 4) is 0 Å². The number of hydrogen-bond acceptors (Lipinski definition) is 5. The Morgan fingerprint density at radius 2 is 2.11 bits per heavy atom. The van der Waals surface area contributed by atoms with Gasteiger partial charge in [0.15, 0.2) is 5.82 Å². The van der Waals surface area contributed by atoms with Gasteiger partial charge < -0.3 is 9.84 Å². The predicted molar refractivity (Wildman–Crippen MR) is 77.1 cm³/mol. The van der Waals surface area contributed by atoms with E-state index in [2.05, 4.69) is 41.4 Å². The number of likely N-dealkylation sites (N-methyl/N-ethyl adjacent to an activating group) is 1. The second-order valence-electron chi connectivity index (χ2n) is 4.37. The molecule has 1 N–H and O–H groups in total. The molecule has 0 aliphatic carbocycles. The first-order valence-corrected chi connectivity index (χ1v) is 7.49. The molecule has 4 nitrogen and oxygen atoms in total. The van der Waals surface area contributed by atoms with Gasteiger partial charge in [0.2, 0.25) is 5.89 Å². The van der Waals surface area contributed by atoms with E-state index in [0.717, 1.165) is 24.5 Å². The minimum Gasteiger partial charge on any atom is -0.339 e. The first-order chi connectivity index (χ1) is 9.28. The monoisotopic (exact) mass is 277 g/mol. The number of aromatic nitrogens is 2. The van der Waals surface area contributed by atoms with Crippen LogP contribution in [-0.4, -0.2) is 22.7 Å². The Bertz CT molecular complexity index is 486. The molecule has 0 bridgehead atoms. The molecule has 0 saturated heterocycles. The minimum absolute atomic E-state index is 0.361. The molecule has 2 rings (SSSR count). The normalized spacial score (nSPS) is 12.5. The Hall–Kier alpha value is -1.33. The van der Waals surface area contributed by atoms with Gasteiger partial charge in [0.1, 0.15) is 0 Å². The number of thioether (sulfide) groups is 1. The van der Waals surface area contributed by atoms with E-state index in [-0.39, 0.29) is 0 Å². The molecule has 0 aliphatic rings. The molecular weight excluding hydrogens is 258 g/mol. The van der Waals surface area contributed by atoms with Gasteiger partial charge in [-0.2, -0.15) is 4.98 Å². The summed E-state index contributed by atoms with van der Waals surface area (Å²) in [5.41, 5.74) is 0. The average Bonchev–Trinajstić information content (AvgIpc) is 2.85. The van der Waals surface area contributed by atoms with Crippen molar-refractivity contribution in [2.75, 3.05) is 6.54 Å². The molecule has 1 unspecified atom stereocenters. The van der Waals surface area contributed by atoms with Crippen LogP contribution in [0.15, 0.2) is 39.8 Å². The molecule has 19 heavy (non-hydrogen) atoms. The lowest BCUT2D eigenvalue weighted by atomic mass is 10.2. The van der Waals surface area contributed by atoms with E-state index in [4.69, 9.17) is 4.52 Å². The Kier molecular flexibility index (Phi) is 5.42. The average molecular weight is 277 g/mol. The van der Waals surface area contributed by atoms with E-state index in [1.54, 1.807) is 11.8 Å². The quantitative estimate of drug-likeness (QED) is 0.789. The Morgan fingerprint density at radius 1 is 1.32 bits per heavy atom. The number of nitrogens with zero attached hydrogens (tertiary/aromatic N) is 2. The van der Waals surface area contributed by atoms with Crippen LogP contribution < -0.4 is 5.32 Å². The fraction of sp³-hybridized carbons (Fsp3) is 0.429. The van der Waals surface area contributed by atoms with Crippen LogP contribution in [0.1, 0.15) is 25.6 Å². The molecule has 0 spiro atoms. The van der Waals surface area contributed by atoms with E-state index < -0.39 is 0 Å². The molecule has 0 radical (unpaired) electrons. The van der Waals surface area contributed by atoms with E-state index in [0.29, 0.717) is 11.9 Å². The van der Waals surface area contributed by atoms with Crippen molar-refractivity contribution in [3.05, 3.63) is 42.0 Å². The summed E-state index contributed by atoms with van der Waals surface area (Å²) < 4.78 is 5.26. The maximum absolute atomic E-state index is 5.26. The van der Waals surface area contributed by atoms with Crippen LogP contribution in [0.2, 0.25) is 0 Å². The van der Waals surface area contributed by atoms with E-state index in [9.17, 15) is 0 Å². The predicted octanol–water partition coefficient (Wildman–Crippen LogP) is 2.90. The zero-order valence-corrected chi connectivity index (χ0v) is 12.1. The van der Waals surface area contributed by atoms with Crippen LogP contribution in [0, 0.1) is 0 Å². The number of hydrogen-bond donors (Lipinski definition) is 1. The molecular formula is C14H19N3OS. The van der Waals surface area contributed by atoms with Crippen LogP contribution in [-0.2, 0) is 12.2 Å². The van der Waals surface area contributed by atoms with Gasteiger partial charge in [0.25, 0.3) is 0 Å². The number of rotatable bonds is 7. The third-order valence-corrected chi connectivity index (χ3v) is 3.66. The first kappa shape index (κ1) is 14.1. The number of nitrogens with one attached hydrogen (secondary N) is 1. The Morgan fingerprint density at radius 3 is 2.84 bits per heavy atom. The molecule has 0 saturated carbocycles. The van der Waals surface area contributed by atoms with Gasteiger partial charge >= 0.3 is 0 Å². The van der Waals surface area contributed by atoms with E-state index in [1.807, 2.05) is 18.2 Å². The second-order valence-corrected chi connectivity index (χ2v) is 5.42. The first-order valence-electron chi connectivity index (χ1n) is 6.50. The third-order valence-electron chi connectivity index (χ3n) is 2.65. The Labute approximate surface area is 118 Å². The van der Waals surface area contributed by atoms with Crippen molar-refractivity contribution in [3.63, 3.8) is 0 Å². The molecule has 1 atom stereocenters. The van der Waals surface area contributed by atoms with Gasteiger partial charge in [-0.25, -0.2) is 0 Å². The molecule has 1 aromatic carbocycles. The van der Waals surface area contributed by atoms with Crippen LogP contribution in [0.4, 0.5) is 0 Å². The lowest BCUT2D eigenvalue weighted by Gasteiger charge is -2.07. The van der Waals surface area contributed by atoms with Crippen molar-refractivity contribution >= 4 is 11.8 Å². The molecule has 0 aliphatic heterocycles. The largest absolute Gasteiger partial charge is 0.339 e. The van der Waals surface area contributed by atoms with Crippen molar-refractivity contribution in [2.24, 2.45) is 0 Å². The summed E-state index contributed by atoms with van der Waals surface area (Å²) in [6, 6.07) is 10.6. The van der Waals surface area contributed by atoms with Crippen molar-refractivity contribution in [1.82, 2.24) is 15.5 Å². The van der Waals surface area contributed by atoms with E-state index in [1.165, 1.54) is 4.90 Å². The third kappa shape index (κ3) is 4.69. The summed E-state index contributed by atoms with van der Waals surface area (Å²) in [5.74, 6) is 2.20. The molecule has 0 amide bonds. The van der Waals surface area contributed by atoms with Crippen LogP contribution in [0.25, 0.3) is 0 Å². The van der Waals surface area contributed by atoms with Crippen LogP contribution in [0.3, 0.4) is 0 Å². The molecule has 2 aromatic rings. The summed E-state index contributed by atoms with van der Waals surface area (Å²) in [6.07, 6.45) is 0.775. The fourth-order valence-electron chi connectivity index (χ4n) is 1.78. The van der Waals surface area contributed by atoms with Gasteiger partial charge in [-0.1, -0.05) is 30.3 Å². The van der Waals surface area contributed by atoms with Gasteiger partial charge in [-0.15, -0.1) is 11.8 Å². The fourth-order valence-corrected chi connectivity index (χ4v) is 2.54. The van der Waals surface area contributed by atoms with Crippen molar-refractivity contribution < 1.29 is 4.52 Å². The summed E-state index contributed by atoms with van der Waals surface area (Å²) in [6.45, 7) is 5.16. The van der Waals surface area contributed by atoms with Gasteiger partial charge in [0, 0.05) is 17.4 Å². The molecule has 5 heteroatoms. The summed E-state index contributed by atoms with van der Waals surface area (Å²) in [5, 5.41) is 7.34. The Balaban J connectivity index is 1.84. The molecule has 1 heterocycles. The zero-order chi connectivity index (χ0) is 13.5. The highest BCUT2D eigenvalue weighted by Gasteiger charge is 2.10. The lowest BCUT2D eigenvalue weighted by molar-refractivity contribution is 0.359. The zero-order valence-electron chi connectivity index (χ0n) is 11.3. The smallest absolute Gasteiger partial charge is 0.228 e. The standard InChI is InChI=1S/C14H19N3OS/c1-3-15-11(2)9-14-16-13(17-18-14)10-19-12-7-5-4-6-8-12/h4-8,11,15H,3,9-10H2,1-2H3. The minimum atomic E-state index is 0.361. The SMILES string of the molecule is CCNC(C)Cc1nc(CSc2ccccc2)no1. The topological polar surface area (TPSA) is 51.0 Å². The highest BCUT2D eigenvalue weighted by atomic mass is 32.2. The molecule has 0 fully saturated rings. The summed E-state index contributed by atoms with van der Waals surface area (Å²) in [4.78, 5) is 5.63. The maximum Gasteiger partial charge on any atom is 0.228 e. The summed E-state index contributed by atoms with van der Waals surface area (Å²) >= 11 is 1.72. The maximum atomic E-state index is 5.26. The summed E-state index contributed by atoms with van der Waals surface area (Å²) in [7, 11) is 0. The molecule has 1 aromatic heterocycles. The lowest BCUT2D eigenvalue weighted by Crippen LogP contribution is -2.27. The highest BCUT2D eigenvalue weighted by Crippen LogP contribution is 2.20. The van der Waals surface area contributed by atoms with Gasteiger partial charge in [-0.05, 0) is 25.6 Å². The van der Waals surface area contributed by atoms with Crippen molar-refractivity contribution in [2.45, 2.75) is 37.0 Å². The van der Waals surface area contributed by atoms with Gasteiger partial charge in [0.05, 0.1) is 5.75 Å². The van der Waals surface area contributed by atoms with E-state index >= 15 is 0 Å². The van der Waals surface area contributed by atoms with Crippen molar-refractivity contribution in [1.29, 1.82) is 0 Å². The molecule has 102 valence electrons. The number of benzene rings is 1. The second kappa shape index (κ2) is 7.31.